The predicted molar refractivity (Wildman–Crippen MR) is 76.8 cm³/mol. The molecular formula is C14H22ClNS. The van der Waals surface area contributed by atoms with Gasteiger partial charge in [0.2, 0.25) is 0 Å². The van der Waals surface area contributed by atoms with Crippen LogP contribution >= 0.6 is 22.9 Å². The molecule has 0 bridgehead atoms. The van der Waals surface area contributed by atoms with Crippen LogP contribution in [0.5, 0.6) is 0 Å². The van der Waals surface area contributed by atoms with Gasteiger partial charge in [0.15, 0.2) is 0 Å². The van der Waals surface area contributed by atoms with Crippen molar-refractivity contribution in [2.75, 3.05) is 6.54 Å². The second-order valence-electron chi connectivity index (χ2n) is 6.10. The summed E-state index contributed by atoms with van der Waals surface area (Å²) in [6.45, 7) is 12.7. The first-order valence-corrected chi connectivity index (χ1v) is 7.50. The average Bonchev–Trinajstić information content (AvgIpc) is 2.56. The molecule has 1 nitrogen and oxygen atoms in total. The van der Waals surface area contributed by atoms with E-state index in [0.717, 1.165) is 10.9 Å². The SMILES string of the molecule is CCNC(c1ccc(Cl)s1)C1C(C)(C)C1(C)C. The third-order valence-electron chi connectivity index (χ3n) is 4.79. The maximum Gasteiger partial charge on any atom is 0.0931 e. The van der Waals surface area contributed by atoms with E-state index in [0.29, 0.717) is 22.8 Å². The molecule has 17 heavy (non-hydrogen) atoms. The van der Waals surface area contributed by atoms with E-state index in [4.69, 9.17) is 11.6 Å². The maximum absolute atomic E-state index is 6.06. The summed E-state index contributed by atoms with van der Waals surface area (Å²) in [6.07, 6.45) is 0. The monoisotopic (exact) mass is 271 g/mol. The molecular weight excluding hydrogens is 250 g/mol. The van der Waals surface area contributed by atoms with Crippen molar-refractivity contribution in [3.05, 3.63) is 21.3 Å². The van der Waals surface area contributed by atoms with Gasteiger partial charge in [-0.2, -0.15) is 0 Å². The van der Waals surface area contributed by atoms with Gasteiger partial charge in [-0.05, 0) is 35.4 Å². The van der Waals surface area contributed by atoms with Crippen molar-refractivity contribution in [1.82, 2.24) is 5.32 Å². The Morgan fingerprint density at radius 3 is 2.24 bits per heavy atom. The first-order chi connectivity index (χ1) is 7.82. The third-order valence-corrected chi connectivity index (χ3v) is 6.10. The van der Waals surface area contributed by atoms with Crippen LogP contribution in [-0.4, -0.2) is 6.54 Å². The zero-order valence-electron chi connectivity index (χ0n) is 11.3. The van der Waals surface area contributed by atoms with Crippen LogP contribution < -0.4 is 5.32 Å². The molecule has 0 aliphatic heterocycles. The lowest BCUT2D eigenvalue weighted by Gasteiger charge is -2.18. The van der Waals surface area contributed by atoms with Crippen molar-refractivity contribution in [2.45, 2.75) is 40.7 Å². The fourth-order valence-corrected chi connectivity index (χ4v) is 4.35. The summed E-state index contributed by atoms with van der Waals surface area (Å²) >= 11 is 7.77. The maximum atomic E-state index is 6.06. The molecule has 1 N–H and O–H groups in total. The normalized spacial score (nSPS) is 23.6. The summed E-state index contributed by atoms with van der Waals surface area (Å²) in [5.41, 5.74) is 0.798. The minimum Gasteiger partial charge on any atom is -0.309 e. The van der Waals surface area contributed by atoms with E-state index in [1.165, 1.54) is 4.88 Å². The van der Waals surface area contributed by atoms with E-state index in [9.17, 15) is 0 Å². The molecule has 1 fully saturated rings. The van der Waals surface area contributed by atoms with Crippen LogP contribution in [0.25, 0.3) is 0 Å². The van der Waals surface area contributed by atoms with Crippen LogP contribution in [0.15, 0.2) is 12.1 Å². The molecule has 0 amide bonds. The van der Waals surface area contributed by atoms with Gasteiger partial charge in [0, 0.05) is 10.9 Å². The summed E-state index contributed by atoms with van der Waals surface area (Å²) in [7, 11) is 0. The fourth-order valence-electron chi connectivity index (χ4n) is 3.18. The summed E-state index contributed by atoms with van der Waals surface area (Å²) in [4.78, 5) is 1.38. The Bertz CT molecular complexity index is 394. The van der Waals surface area contributed by atoms with Gasteiger partial charge < -0.3 is 5.32 Å². The summed E-state index contributed by atoms with van der Waals surface area (Å²) < 4.78 is 0.888. The molecule has 1 aliphatic carbocycles. The smallest absolute Gasteiger partial charge is 0.0931 e. The lowest BCUT2D eigenvalue weighted by molar-refractivity contribution is 0.424. The Labute approximate surface area is 114 Å². The Balaban J connectivity index is 2.26. The molecule has 0 spiro atoms. The minimum absolute atomic E-state index is 0.399. The molecule has 0 aromatic carbocycles. The first kappa shape index (κ1) is 13.4. The quantitative estimate of drug-likeness (QED) is 0.834. The van der Waals surface area contributed by atoms with Crippen molar-refractivity contribution in [1.29, 1.82) is 0 Å². The zero-order chi connectivity index (χ0) is 12.8. The average molecular weight is 272 g/mol. The fraction of sp³-hybridized carbons (Fsp3) is 0.714. The second kappa shape index (κ2) is 4.25. The minimum atomic E-state index is 0.399. The van der Waals surface area contributed by atoms with Gasteiger partial charge >= 0.3 is 0 Å². The third kappa shape index (κ3) is 2.05. The number of hydrogen-bond donors (Lipinski definition) is 1. The highest BCUT2D eigenvalue weighted by molar-refractivity contribution is 7.16. The van der Waals surface area contributed by atoms with E-state index < -0.39 is 0 Å². The number of hydrogen-bond acceptors (Lipinski definition) is 2. The number of halogens is 1. The van der Waals surface area contributed by atoms with Gasteiger partial charge in [0.05, 0.1) is 4.34 Å². The molecule has 1 aromatic heterocycles. The molecule has 1 heterocycles. The topological polar surface area (TPSA) is 12.0 Å². The van der Waals surface area contributed by atoms with Gasteiger partial charge in [-0.3, -0.25) is 0 Å². The Morgan fingerprint density at radius 1 is 1.29 bits per heavy atom. The van der Waals surface area contributed by atoms with E-state index in [2.05, 4.69) is 46.0 Å². The van der Waals surface area contributed by atoms with Gasteiger partial charge in [-0.1, -0.05) is 46.2 Å². The molecule has 96 valence electrons. The van der Waals surface area contributed by atoms with Crippen molar-refractivity contribution < 1.29 is 0 Å². The Hall–Kier alpha value is -0.0500. The second-order valence-corrected chi connectivity index (χ2v) is 7.84. The summed E-state index contributed by atoms with van der Waals surface area (Å²) in [6, 6.07) is 4.63. The Kier molecular flexibility index (Phi) is 3.35. The van der Waals surface area contributed by atoms with Crippen LogP contribution in [0.2, 0.25) is 4.34 Å². The Morgan fingerprint density at radius 2 is 1.88 bits per heavy atom. The summed E-state index contributed by atoms with van der Waals surface area (Å²) in [5.74, 6) is 0.685. The standard InChI is InChI=1S/C14H22ClNS/c1-6-16-11(9-7-8-10(15)17-9)12-13(2,3)14(12,4)5/h7-8,11-12,16H,6H2,1-5H3. The molecule has 0 saturated heterocycles. The van der Waals surface area contributed by atoms with Gasteiger partial charge in [0.25, 0.3) is 0 Å². The number of nitrogens with one attached hydrogen (secondary N) is 1. The van der Waals surface area contributed by atoms with Gasteiger partial charge in [-0.15, -0.1) is 11.3 Å². The highest BCUT2D eigenvalue weighted by Crippen LogP contribution is 2.72. The molecule has 3 heteroatoms. The highest BCUT2D eigenvalue weighted by atomic mass is 35.5. The molecule has 0 radical (unpaired) electrons. The van der Waals surface area contributed by atoms with Gasteiger partial charge in [-0.25, -0.2) is 0 Å². The van der Waals surface area contributed by atoms with Gasteiger partial charge in [0.1, 0.15) is 0 Å². The highest BCUT2D eigenvalue weighted by Gasteiger charge is 2.67. The van der Waals surface area contributed by atoms with Crippen LogP contribution in [0.3, 0.4) is 0 Å². The molecule has 1 atom stereocenters. The van der Waals surface area contributed by atoms with Crippen LogP contribution in [0.1, 0.15) is 45.5 Å². The van der Waals surface area contributed by atoms with Crippen LogP contribution in [0.4, 0.5) is 0 Å². The lowest BCUT2D eigenvalue weighted by Crippen LogP contribution is -2.24. The van der Waals surface area contributed by atoms with Crippen LogP contribution in [-0.2, 0) is 0 Å². The van der Waals surface area contributed by atoms with Crippen molar-refractivity contribution in [3.63, 3.8) is 0 Å². The zero-order valence-corrected chi connectivity index (χ0v) is 12.9. The lowest BCUT2D eigenvalue weighted by atomic mass is 10.0. The largest absolute Gasteiger partial charge is 0.309 e. The van der Waals surface area contributed by atoms with E-state index in [-0.39, 0.29) is 0 Å². The van der Waals surface area contributed by atoms with E-state index >= 15 is 0 Å². The molecule has 1 aliphatic rings. The molecule has 2 rings (SSSR count). The van der Waals surface area contributed by atoms with Crippen molar-refractivity contribution in [3.8, 4) is 0 Å². The number of thiophene rings is 1. The first-order valence-electron chi connectivity index (χ1n) is 6.31. The predicted octanol–water partition coefficient (Wildman–Crippen LogP) is 4.73. The van der Waals surface area contributed by atoms with Crippen LogP contribution in [0, 0.1) is 16.7 Å². The van der Waals surface area contributed by atoms with Crippen molar-refractivity contribution in [2.24, 2.45) is 16.7 Å². The molecule has 1 saturated carbocycles. The van der Waals surface area contributed by atoms with Crippen molar-refractivity contribution >= 4 is 22.9 Å². The molecule has 1 unspecified atom stereocenters. The van der Waals surface area contributed by atoms with E-state index in [1.807, 2.05) is 6.07 Å². The van der Waals surface area contributed by atoms with E-state index in [1.54, 1.807) is 11.3 Å². The summed E-state index contributed by atoms with van der Waals surface area (Å²) in [5, 5.41) is 3.64. The molecule has 1 aromatic rings. The number of rotatable bonds is 4.